The van der Waals surface area contributed by atoms with Gasteiger partial charge in [0, 0.05) is 0 Å². The predicted molar refractivity (Wildman–Crippen MR) is 68.1 cm³/mol. The van der Waals surface area contributed by atoms with Crippen molar-refractivity contribution in [3.8, 4) is 0 Å². The topological polar surface area (TPSA) is 29.1 Å². The third-order valence-corrected chi connectivity index (χ3v) is 3.73. The summed E-state index contributed by atoms with van der Waals surface area (Å²) in [7, 11) is 0. The molecule has 0 aliphatic heterocycles. The lowest BCUT2D eigenvalue weighted by molar-refractivity contribution is -0.115. The largest absolute Gasteiger partial charge is 0.324 e. The summed E-state index contributed by atoms with van der Waals surface area (Å²) in [6, 6.07) is 5.12. The van der Waals surface area contributed by atoms with Crippen LogP contribution in [0.25, 0.3) is 0 Å². The summed E-state index contributed by atoms with van der Waals surface area (Å²) < 4.78 is 0. The van der Waals surface area contributed by atoms with Crippen LogP contribution in [0.2, 0.25) is 10.0 Å². The third kappa shape index (κ3) is 3.37. The van der Waals surface area contributed by atoms with Crippen molar-refractivity contribution in [3.05, 3.63) is 28.2 Å². The molecular formula is C10H10BrCl2NO. The number of rotatable bonds is 3. The monoisotopic (exact) mass is 309 g/mol. The smallest absolute Gasteiger partial charge is 0.238 e. The van der Waals surface area contributed by atoms with Gasteiger partial charge in [0.25, 0.3) is 0 Å². The number of carbonyl (C=O) groups is 1. The highest BCUT2D eigenvalue weighted by atomic mass is 79.9. The highest BCUT2D eigenvalue weighted by Gasteiger charge is 2.14. The summed E-state index contributed by atoms with van der Waals surface area (Å²) in [6.07, 6.45) is 0.712. The number of halogens is 3. The van der Waals surface area contributed by atoms with E-state index >= 15 is 0 Å². The van der Waals surface area contributed by atoms with E-state index in [1.54, 1.807) is 18.2 Å². The van der Waals surface area contributed by atoms with Gasteiger partial charge >= 0.3 is 0 Å². The summed E-state index contributed by atoms with van der Waals surface area (Å²) in [5, 5.41) is 3.49. The van der Waals surface area contributed by atoms with Gasteiger partial charge in [0.1, 0.15) is 0 Å². The van der Waals surface area contributed by atoms with Crippen LogP contribution in [0.15, 0.2) is 18.2 Å². The molecule has 1 N–H and O–H groups in total. The number of alkyl halides is 1. The zero-order valence-electron chi connectivity index (χ0n) is 8.06. The summed E-state index contributed by atoms with van der Waals surface area (Å²) in [4.78, 5) is 11.3. The summed E-state index contributed by atoms with van der Waals surface area (Å²) in [5.41, 5.74) is 0.534. The molecule has 0 radical (unpaired) electrons. The second-order valence-corrected chi connectivity index (χ2v) is 4.86. The second kappa shape index (κ2) is 5.73. The molecule has 0 fully saturated rings. The first-order chi connectivity index (χ1) is 7.06. The lowest BCUT2D eigenvalue weighted by Gasteiger charge is -2.10. The standard InChI is InChI=1S/C10H10BrCl2NO/c1-2-6(11)10(15)14-8-5-3-4-7(12)9(8)13/h3-6H,2H2,1H3,(H,14,15)/t6-/m0/s1. The average Bonchev–Trinajstić information content (AvgIpc) is 2.23. The van der Waals surface area contributed by atoms with Gasteiger partial charge in [-0.2, -0.15) is 0 Å². The Kier molecular flexibility index (Phi) is 4.90. The van der Waals surface area contributed by atoms with Gasteiger partial charge in [-0.25, -0.2) is 0 Å². The fourth-order valence-electron chi connectivity index (χ4n) is 0.997. The molecule has 0 bridgehead atoms. The summed E-state index contributed by atoms with van der Waals surface area (Å²) in [6.45, 7) is 1.92. The van der Waals surface area contributed by atoms with E-state index < -0.39 is 0 Å². The molecule has 1 aromatic rings. The molecule has 15 heavy (non-hydrogen) atoms. The third-order valence-electron chi connectivity index (χ3n) is 1.85. The highest BCUT2D eigenvalue weighted by Crippen LogP contribution is 2.29. The molecular weight excluding hydrogens is 301 g/mol. The highest BCUT2D eigenvalue weighted by molar-refractivity contribution is 9.10. The van der Waals surface area contributed by atoms with Crippen molar-refractivity contribution in [1.29, 1.82) is 0 Å². The van der Waals surface area contributed by atoms with Crippen molar-refractivity contribution in [2.75, 3.05) is 5.32 Å². The van der Waals surface area contributed by atoms with Gasteiger partial charge in [-0.05, 0) is 18.6 Å². The Morgan fingerprint density at radius 3 is 2.80 bits per heavy atom. The van der Waals surface area contributed by atoms with Gasteiger partial charge in [-0.15, -0.1) is 0 Å². The van der Waals surface area contributed by atoms with Crippen LogP contribution in [0.1, 0.15) is 13.3 Å². The maximum absolute atomic E-state index is 11.5. The maximum Gasteiger partial charge on any atom is 0.238 e. The molecule has 0 aliphatic rings. The molecule has 5 heteroatoms. The molecule has 2 nitrogen and oxygen atoms in total. The van der Waals surface area contributed by atoms with Crippen molar-refractivity contribution >= 4 is 50.7 Å². The zero-order chi connectivity index (χ0) is 11.4. The number of amides is 1. The summed E-state index contributed by atoms with van der Waals surface area (Å²) in [5.74, 6) is -0.123. The van der Waals surface area contributed by atoms with Crippen LogP contribution >= 0.6 is 39.1 Å². The minimum Gasteiger partial charge on any atom is -0.324 e. The first-order valence-corrected chi connectivity index (χ1v) is 6.12. The van der Waals surface area contributed by atoms with Gasteiger partial charge in [-0.3, -0.25) is 4.79 Å². The number of nitrogens with one attached hydrogen (secondary N) is 1. The molecule has 0 heterocycles. The van der Waals surface area contributed by atoms with Gasteiger partial charge in [0.2, 0.25) is 5.91 Å². The van der Waals surface area contributed by atoms with E-state index in [2.05, 4.69) is 21.2 Å². The number of hydrogen-bond donors (Lipinski definition) is 1. The lowest BCUT2D eigenvalue weighted by atomic mass is 10.3. The Labute approximate surface area is 107 Å². The molecule has 0 unspecified atom stereocenters. The van der Waals surface area contributed by atoms with E-state index in [0.29, 0.717) is 22.2 Å². The molecule has 0 aromatic heterocycles. The molecule has 0 aliphatic carbocycles. The van der Waals surface area contributed by atoms with Crippen molar-refractivity contribution in [3.63, 3.8) is 0 Å². The van der Waals surface area contributed by atoms with E-state index in [1.807, 2.05) is 6.92 Å². The Bertz CT molecular complexity index is 370. The fourth-order valence-corrected chi connectivity index (χ4v) is 1.46. The van der Waals surface area contributed by atoms with Crippen LogP contribution in [-0.4, -0.2) is 10.7 Å². The number of hydrogen-bond acceptors (Lipinski definition) is 1. The maximum atomic E-state index is 11.5. The van der Waals surface area contributed by atoms with Crippen LogP contribution in [0.3, 0.4) is 0 Å². The molecule has 0 saturated carbocycles. The van der Waals surface area contributed by atoms with Crippen LogP contribution < -0.4 is 5.32 Å². The van der Waals surface area contributed by atoms with Crippen molar-refractivity contribution in [2.24, 2.45) is 0 Å². The predicted octanol–water partition coefficient (Wildman–Crippen LogP) is 4.11. The Morgan fingerprint density at radius 1 is 1.53 bits per heavy atom. The van der Waals surface area contributed by atoms with Gasteiger partial charge in [0.15, 0.2) is 0 Å². The lowest BCUT2D eigenvalue weighted by Crippen LogP contribution is -2.22. The van der Waals surface area contributed by atoms with Gasteiger partial charge in [0.05, 0.1) is 20.6 Å². The molecule has 1 rings (SSSR count). The minimum absolute atomic E-state index is 0.123. The number of anilines is 1. The molecule has 1 aromatic carbocycles. The normalized spacial score (nSPS) is 12.3. The van der Waals surface area contributed by atoms with E-state index in [-0.39, 0.29) is 10.7 Å². The van der Waals surface area contributed by atoms with E-state index in [1.165, 1.54) is 0 Å². The quantitative estimate of drug-likeness (QED) is 0.837. The number of benzene rings is 1. The molecule has 0 saturated heterocycles. The van der Waals surface area contributed by atoms with Crippen LogP contribution in [0.4, 0.5) is 5.69 Å². The first-order valence-electron chi connectivity index (χ1n) is 4.45. The van der Waals surface area contributed by atoms with E-state index in [4.69, 9.17) is 23.2 Å². The minimum atomic E-state index is -0.215. The van der Waals surface area contributed by atoms with E-state index in [9.17, 15) is 4.79 Å². The molecule has 1 amide bonds. The average molecular weight is 311 g/mol. The van der Waals surface area contributed by atoms with Crippen molar-refractivity contribution < 1.29 is 4.79 Å². The van der Waals surface area contributed by atoms with Gasteiger partial charge in [-0.1, -0.05) is 52.1 Å². The SMILES string of the molecule is CC[C@H](Br)C(=O)Nc1cccc(Cl)c1Cl. The fraction of sp³-hybridized carbons (Fsp3) is 0.300. The van der Waals surface area contributed by atoms with E-state index in [0.717, 1.165) is 0 Å². The molecule has 0 spiro atoms. The number of carbonyl (C=O) groups excluding carboxylic acids is 1. The van der Waals surface area contributed by atoms with Crippen molar-refractivity contribution in [1.82, 2.24) is 0 Å². The Morgan fingerprint density at radius 2 is 2.20 bits per heavy atom. The first kappa shape index (κ1) is 12.8. The van der Waals surface area contributed by atoms with Crippen LogP contribution in [0, 0.1) is 0 Å². The second-order valence-electron chi connectivity index (χ2n) is 2.97. The summed E-state index contributed by atoms with van der Waals surface area (Å²) >= 11 is 15.0. The zero-order valence-corrected chi connectivity index (χ0v) is 11.2. The molecule has 82 valence electrons. The van der Waals surface area contributed by atoms with Crippen LogP contribution in [0.5, 0.6) is 0 Å². The Balaban J connectivity index is 2.81. The molecule has 1 atom stereocenters. The van der Waals surface area contributed by atoms with Gasteiger partial charge < -0.3 is 5.32 Å². The van der Waals surface area contributed by atoms with Crippen LogP contribution in [-0.2, 0) is 4.79 Å². The Hall–Kier alpha value is -0.250. The van der Waals surface area contributed by atoms with Crippen molar-refractivity contribution in [2.45, 2.75) is 18.2 Å².